The highest BCUT2D eigenvalue weighted by molar-refractivity contribution is 5.84. The number of halogens is 3. The SMILES string of the molecule is CCCC(C)Cc1c[nH]c2ccc(OC(F)(F)F)cc12. The van der Waals surface area contributed by atoms with E-state index >= 15 is 0 Å². The Morgan fingerprint density at radius 2 is 2.05 bits per heavy atom. The van der Waals surface area contributed by atoms with Crippen molar-refractivity contribution in [2.24, 2.45) is 5.92 Å². The van der Waals surface area contributed by atoms with Gasteiger partial charge in [-0.2, -0.15) is 0 Å². The first-order chi connectivity index (χ1) is 9.39. The zero-order chi connectivity index (χ0) is 14.8. The molecule has 0 spiro atoms. The van der Waals surface area contributed by atoms with E-state index < -0.39 is 6.36 Å². The van der Waals surface area contributed by atoms with Gasteiger partial charge in [0, 0.05) is 17.1 Å². The molecule has 2 rings (SSSR count). The molecule has 0 radical (unpaired) electrons. The van der Waals surface area contributed by atoms with E-state index in [1.807, 2.05) is 6.20 Å². The minimum atomic E-state index is -4.65. The Morgan fingerprint density at radius 3 is 2.70 bits per heavy atom. The summed E-state index contributed by atoms with van der Waals surface area (Å²) >= 11 is 0. The fourth-order valence-corrected chi connectivity index (χ4v) is 2.49. The van der Waals surface area contributed by atoms with Gasteiger partial charge in [-0.25, -0.2) is 0 Å². The molecule has 5 heteroatoms. The van der Waals surface area contributed by atoms with Crippen LogP contribution in [0.25, 0.3) is 10.9 Å². The van der Waals surface area contributed by atoms with Crippen LogP contribution in [0.3, 0.4) is 0 Å². The predicted molar refractivity (Wildman–Crippen MR) is 72.8 cm³/mol. The Labute approximate surface area is 115 Å². The van der Waals surface area contributed by atoms with Crippen LogP contribution in [0.2, 0.25) is 0 Å². The third-order valence-electron chi connectivity index (χ3n) is 3.32. The van der Waals surface area contributed by atoms with Crippen LogP contribution in [0.5, 0.6) is 5.75 Å². The standard InChI is InChI=1S/C15H18F3NO/c1-3-4-10(2)7-11-9-19-14-6-5-12(8-13(11)14)20-15(16,17)18/h5-6,8-10,19H,3-4,7H2,1-2H3. The first kappa shape index (κ1) is 14.8. The molecule has 1 heterocycles. The number of nitrogens with one attached hydrogen (secondary N) is 1. The molecule has 1 aromatic carbocycles. The average Bonchev–Trinajstić information content (AvgIpc) is 2.70. The monoisotopic (exact) mass is 285 g/mol. The van der Waals surface area contributed by atoms with Crippen molar-refractivity contribution in [3.63, 3.8) is 0 Å². The summed E-state index contributed by atoms with van der Waals surface area (Å²) < 4.78 is 40.7. The molecule has 0 aliphatic heterocycles. The second kappa shape index (κ2) is 5.77. The largest absolute Gasteiger partial charge is 0.573 e. The zero-order valence-corrected chi connectivity index (χ0v) is 11.6. The fraction of sp³-hybridized carbons (Fsp3) is 0.467. The Hall–Kier alpha value is -1.65. The van der Waals surface area contributed by atoms with Gasteiger partial charge in [-0.05, 0) is 36.1 Å². The maximum Gasteiger partial charge on any atom is 0.573 e. The van der Waals surface area contributed by atoms with Crippen LogP contribution in [-0.2, 0) is 6.42 Å². The summed E-state index contributed by atoms with van der Waals surface area (Å²) in [6.45, 7) is 4.28. The Balaban J connectivity index is 2.25. The number of hydrogen-bond acceptors (Lipinski definition) is 1. The van der Waals surface area contributed by atoms with Crippen LogP contribution >= 0.6 is 0 Å². The van der Waals surface area contributed by atoms with Crippen molar-refractivity contribution in [1.29, 1.82) is 0 Å². The summed E-state index contributed by atoms with van der Waals surface area (Å²) in [4.78, 5) is 3.09. The lowest BCUT2D eigenvalue weighted by Gasteiger charge is -2.10. The van der Waals surface area contributed by atoms with E-state index in [4.69, 9.17) is 0 Å². The highest BCUT2D eigenvalue weighted by Gasteiger charge is 2.31. The smallest absolute Gasteiger partial charge is 0.406 e. The lowest BCUT2D eigenvalue weighted by Crippen LogP contribution is -2.17. The molecule has 20 heavy (non-hydrogen) atoms. The first-order valence-corrected chi connectivity index (χ1v) is 6.75. The Kier molecular flexibility index (Phi) is 4.26. The molecule has 1 aromatic heterocycles. The van der Waals surface area contributed by atoms with Crippen molar-refractivity contribution < 1.29 is 17.9 Å². The summed E-state index contributed by atoms with van der Waals surface area (Å²) in [6.07, 6.45) is 0.272. The van der Waals surface area contributed by atoms with E-state index in [1.54, 1.807) is 6.07 Å². The van der Waals surface area contributed by atoms with Crippen LogP contribution in [0.1, 0.15) is 32.3 Å². The van der Waals surface area contributed by atoms with Crippen LogP contribution < -0.4 is 4.74 Å². The molecule has 0 saturated heterocycles. The first-order valence-electron chi connectivity index (χ1n) is 6.75. The van der Waals surface area contributed by atoms with Crippen molar-refractivity contribution in [3.05, 3.63) is 30.0 Å². The highest BCUT2D eigenvalue weighted by Crippen LogP contribution is 2.29. The summed E-state index contributed by atoms with van der Waals surface area (Å²) in [5.74, 6) is 0.334. The second-order valence-corrected chi connectivity index (χ2v) is 5.17. The van der Waals surface area contributed by atoms with Gasteiger partial charge in [0.05, 0.1) is 0 Å². The predicted octanol–water partition coefficient (Wildman–Crippen LogP) is 5.05. The van der Waals surface area contributed by atoms with E-state index in [0.29, 0.717) is 5.92 Å². The molecule has 2 nitrogen and oxygen atoms in total. The molecular weight excluding hydrogens is 267 g/mol. The summed E-state index contributed by atoms with van der Waals surface area (Å²) in [7, 11) is 0. The van der Waals surface area contributed by atoms with Gasteiger partial charge >= 0.3 is 6.36 Å². The average molecular weight is 285 g/mol. The zero-order valence-electron chi connectivity index (χ0n) is 11.6. The lowest BCUT2D eigenvalue weighted by atomic mass is 9.97. The minimum absolute atomic E-state index is 0.172. The van der Waals surface area contributed by atoms with Gasteiger partial charge in [-0.1, -0.05) is 26.7 Å². The molecule has 1 unspecified atom stereocenters. The van der Waals surface area contributed by atoms with E-state index in [0.717, 1.165) is 35.7 Å². The van der Waals surface area contributed by atoms with Crippen LogP contribution in [0.4, 0.5) is 13.2 Å². The molecule has 0 bridgehead atoms. The molecule has 1 N–H and O–H groups in total. The Bertz CT molecular complexity index is 574. The number of hydrogen-bond donors (Lipinski definition) is 1. The number of benzene rings is 1. The van der Waals surface area contributed by atoms with Crippen molar-refractivity contribution >= 4 is 10.9 Å². The van der Waals surface area contributed by atoms with Crippen molar-refractivity contribution in [3.8, 4) is 5.75 Å². The molecule has 110 valence electrons. The number of rotatable bonds is 5. The van der Waals surface area contributed by atoms with Crippen molar-refractivity contribution in [1.82, 2.24) is 4.98 Å². The molecule has 2 aromatic rings. The molecule has 1 atom stereocenters. The van der Waals surface area contributed by atoms with E-state index in [-0.39, 0.29) is 5.75 Å². The van der Waals surface area contributed by atoms with Gasteiger partial charge in [0.25, 0.3) is 0 Å². The number of ether oxygens (including phenoxy) is 1. The van der Waals surface area contributed by atoms with E-state index in [1.165, 1.54) is 12.1 Å². The second-order valence-electron chi connectivity index (χ2n) is 5.17. The molecule has 0 fully saturated rings. The van der Waals surface area contributed by atoms with Gasteiger partial charge in [0.2, 0.25) is 0 Å². The number of aromatic nitrogens is 1. The van der Waals surface area contributed by atoms with Gasteiger partial charge in [0.15, 0.2) is 0 Å². The Morgan fingerprint density at radius 1 is 1.30 bits per heavy atom. The van der Waals surface area contributed by atoms with Crippen LogP contribution in [0, 0.1) is 5.92 Å². The lowest BCUT2D eigenvalue weighted by molar-refractivity contribution is -0.274. The fourth-order valence-electron chi connectivity index (χ4n) is 2.49. The molecule has 0 aliphatic rings. The minimum Gasteiger partial charge on any atom is -0.406 e. The summed E-state index contributed by atoms with van der Waals surface area (Å²) in [5, 5.41) is 0.801. The van der Waals surface area contributed by atoms with Gasteiger partial charge in [-0.15, -0.1) is 13.2 Å². The van der Waals surface area contributed by atoms with Gasteiger partial charge < -0.3 is 9.72 Å². The third-order valence-corrected chi connectivity index (χ3v) is 3.32. The normalized spacial score (nSPS) is 13.7. The van der Waals surface area contributed by atoms with Gasteiger partial charge in [-0.3, -0.25) is 0 Å². The maximum atomic E-state index is 12.2. The number of fused-ring (bicyclic) bond motifs is 1. The van der Waals surface area contributed by atoms with E-state index in [9.17, 15) is 13.2 Å². The quantitative estimate of drug-likeness (QED) is 0.817. The number of aromatic amines is 1. The number of alkyl halides is 3. The molecule has 0 saturated carbocycles. The summed E-state index contributed by atoms with van der Waals surface area (Å²) in [6, 6.07) is 4.39. The third kappa shape index (κ3) is 3.68. The molecule has 0 aliphatic carbocycles. The van der Waals surface area contributed by atoms with Crippen molar-refractivity contribution in [2.75, 3.05) is 0 Å². The molecular formula is C15H18F3NO. The highest BCUT2D eigenvalue weighted by atomic mass is 19.4. The van der Waals surface area contributed by atoms with E-state index in [2.05, 4.69) is 23.6 Å². The van der Waals surface area contributed by atoms with Crippen LogP contribution in [0.15, 0.2) is 24.4 Å². The van der Waals surface area contributed by atoms with Crippen molar-refractivity contribution in [2.45, 2.75) is 39.5 Å². The number of H-pyrrole nitrogens is 1. The van der Waals surface area contributed by atoms with Gasteiger partial charge in [0.1, 0.15) is 5.75 Å². The van der Waals surface area contributed by atoms with Crippen LogP contribution in [-0.4, -0.2) is 11.3 Å². The molecule has 0 amide bonds. The summed E-state index contributed by atoms with van der Waals surface area (Å²) in [5.41, 5.74) is 1.87. The topological polar surface area (TPSA) is 25.0 Å². The maximum absolute atomic E-state index is 12.2.